The van der Waals surface area contributed by atoms with E-state index >= 15 is 0 Å². The zero-order valence-corrected chi connectivity index (χ0v) is 17.4. The number of nitrogens with zero attached hydrogens (tertiary/aromatic N) is 5. The van der Waals surface area contributed by atoms with E-state index in [1.165, 1.54) is 26.1 Å². The average molecular weight is 430 g/mol. The van der Waals surface area contributed by atoms with Gasteiger partial charge in [-0.3, -0.25) is 10.5 Å². The van der Waals surface area contributed by atoms with E-state index in [9.17, 15) is 9.59 Å². The van der Waals surface area contributed by atoms with Crippen molar-refractivity contribution in [2.45, 2.75) is 13.5 Å². The minimum absolute atomic E-state index is 0.135. The quantitative estimate of drug-likeness (QED) is 0.457. The smallest absolute Gasteiger partial charge is 0.411 e. The Hall–Kier alpha value is -4.47. The summed E-state index contributed by atoms with van der Waals surface area (Å²) in [6.45, 7) is 1.91. The normalized spacial score (nSPS) is 11.3. The van der Waals surface area contributed by atoms with Gasteiger partial charge in [0.25, 0.3) is 0 Å². The van der Waals surface area contributed by atoms with Crippen molar-refractivity contribution in [3.63, 3.8) is 0 Å². The summed E-state index contributed by atoms with van der Waals surface area (Å²) in [7, 11) is 1.67. The van der Waals surface area contributed by atoms with Crippen LogP contribution in [-0.2, 0) is 13.6 Å². The molecule has 4 heterocycles. The third kappa shape index (κ3) is 3.09. The van der Waals surface area contributed by atoms with Gasteiger partial charge in [0, 0.05) is 30.4 Å². The number of benzene rings is 1. The van der Waals surface area contributed by atoms with Gasteiger partial charge in [0.15, 0.2) is 6.39 Å². The Kier molecular flexibility index (Phi) is 4.47. The number of aryl methyl sites for hydroxylation is 2. The molecule has 5 aromatic rings. The average Bonchev–Trinajstić information content (AvgIpc) is 3.34. The van der Waals surface area contributed by atoms with Crippen molar-refractivity contribution in [3.8, 4) is 22.4 Å². The number of H-pyrrole nitrogens is 1. The van der Waals surface area contributed by atoms with E-state index in [0.29, 0.717) is 33.9 Å². The Morgan fingerprint density at radius 2 is 1.88 bits per heavy atom. The molecule has 0 aliphatic heterocycles. The van der Waals surface area contributed by atoms with Crippen LogP contribution >= 0.6 is 0 Å². The van der Waals surface area contributed by atoms with E-state index in [0.717, 1.165) is 5.56 Å². The largest absolute Gasteiger partial charge is 0.448 e. The summed E-state index contributed by atoms with van der Waals surface area (Å²) in [4.78, 5) is 32.5. The number of nitrogens with two attached hydrogens (primary N) is 1. The van der Waals surface area contributed by atoms with Gasteiger partial charge in [-0.2, -0.15) is 4.68 Å². The highest BCUT2D eigenvalue weighted by molar-refractivity contribution is 5.88. The second-order valence-electron chi connectivity index (χ2n) is 7.45. The highest BCUT2D eigenvalue weighted by atomic mass is 16.3. The minimum Gasteiger partial charge on any atom is -0.448 e. The molecule has 0 saturated heterocycles. The van der Waals surface area contributed by atoms with E-state index in [4.69, 9.17) is 10.2 Å². The Morgan fingerprint density at radius 3 is 2.56 bits per heavy atom. The van der Waals surface area contributed by atoms with Crippen LogP contribution in [0, 0.1) is 6.92 Å². The third-order valence-corrected chi connectivity index (χ3v) is 5.39. The van der Waals surface area contributed by atoms with Gasteiger partial charge in [0.05, 0.1) is 12.1 Å². The highest BCUT2D eigenvalue weighted by Gasteiger charge is 2.26. The molecule has 4 aromatic heterocycles. The maximum absolute atomic E-state index is 13.2. The molecule has 0 amide bonds. The molecule has 0 aliphatic carbocycles. The molecule has 0 radical (unpaired) electrons. The lowest BCUT2D eigenvalue weighted by molar-refractivity contribution is -0.351. The number of fused-ring (bicyclic) bond motifs is 1. The maximum atomic E-state index is 13.2. The van der Waals surface area contributed by atoms with Crippen LogP contribution in [0.5, 0.6) is 0 Å². The lowest BCUT2D eigenvalue weighted by Gasteiger charge is -2.10. The van der Waals surface area contributed by atoms with Crippen molar-refractivity contribution in [2.24, 2.45) is 7.05 Å². The van der Waals surface area contributed by atoms with Crippen molar-refractivity contribution in [2.75, 3.05) is 5.73 Å². The molecule has 1 aromatic carbocycles. The Morgan fingerprint density at radius 1 is 1.09 bits per heavy atom. The summed E-state index contributed by atoms with van der Waals surface area (Å²) in [5, 5.41) is 4.60. The molecule has 0 aliphatic rings. The number of rotatable bonds is 4. The topological polar surface area (TPSA) is 127 Å². The number of aromatic amines is 1. The zero-order valence-electron chi connectivity index (χ0n) is 17.4. The number of hydrogen-bond donors (Lipinski definition) is 1. The van der Waals surface area contributed by atoms with E-state index in [2.05, 4.69) is 15.1 Å². The van der Waals surface area contributed by atoms with Gasteiger partial charge in [0.2, 0.25) is 11.2 Å². The molecule has 0 spiro atoms. The van der Waals surface area contributed by atoms with Gasteiger partial charge in [-0.25, -0.2) is 14.8 Å². The van der Waals surface area contributed by atoms with Crippen LogP contribution < -0.4 is 22.0 Å². The Bertz CT molecular complexity index is 1580. The monoisotopic (exact) mass is 430 g/mol. The molecule has 0 atom stereocenters. The fourth-order valence-corrected chi connectivity index (χ4v) is 3.71. The number of oxazole rings is 1. The lowest BCUT2D eigenvalue weighted by Crippen LogP contribution is -2.28. The number of hydrogen-bond acceptors (Lipinski definition) is 6. The Labute approximate surface area is 181 Å². The zero-order chi connectivity index (χ0) is 22.4. The highest BCUT2D eigenvalue weighted by Crippen LogP contribution is 2.31. The van der Waals surface area contributed by atoms with Crippen LogP contribution in [0.1, 0.15) is 11.5 Å². The predicted molar refractivity (Wildman–Crippen MR) is 117 cm³/mol. The number of nitrogens with one attached hydrogen (secondary N) is 1. The van der Waals surface area contributed by atoms with Crippen LogP contribution in [0.25, 0.3) is 28.0 Å². The number of pyridine rings is 1. The second-order valence-corrected chi connectivity index (χ2v) is 7.45. The molecule has 32 heavy (non-hydrogen) atoms. The van der Waals surface area contributed by atoms with Crippen molar-refractivity contribution in [1.82, 2.24) is 23.7 Å². The van der Waals surface area contributed by atoms with Crippen LogP contribution in [-0.4, -0.2) is 23.7 Å². The van der Waals surface area contributed by atoms with Crippen LogP contribution in [0.2, 0.25) is 0 Å². The van der Waals surface area contributed by atoms with Crippen molar-refractivity contribution in [3.05, 3.63) is 87.3 Å². The summed E-state index contributed by atoms with van der Waals surface area (Å²) in [5.41, 5.74) is 9.59. The SMILES string of the molecule is Cc1ocnc1Cn1nc2c(-c3ccc(=O)n(C)c3)c(-c3ccccc3)[nH+]c(N)n2c1=O. The molecule has 160 valence electrons. The summed E-state index contributed by atoms with van der Waals surface area (Å²) < 4.78 is 9.34. The molecule has 10 heteroatoms. The standard InChI is InChI=1S/C22H19N7O3/c1-13-16(24-12-32-13)11-28-22(31)29-20(26-28)18(15-8-9-17(30)27(2)10-15)19(25-21(29)23)14-6-4-3-5-7-14/h3-10,12H,11H2,1-2H3,(H2,23,25)/p+1. The first-order valence-electron chi connectivity index (χ1n) is 9.90. The fourth-order valence-electron chi connectivity index (χ4n) is 3.71. The number of aromatic nitrogens is 6. The van der Waals surface area contributed by atoms with E-state index in [1.807, 2.05) is 30.3 Å². The molecule has 0 bridgehead atoms. The van der Waals surface area contributed by atoms with Gasteiger partial charge in [0.1, 0.15) is 17.1 Å². The molecule has 0 saturated carbocycles. The predicted octanol–water partition coefficient (Wildman–Crippen LogP) is 1.27. The summed E-state index contributed by atoms with van der Waals surface area (Å²) in [6, 6.07) is 12.8. The summed E-state index contributed by atoms with van der Waals surface area (Å²) in [5.74, 6) is 0.747. The van der Waals surface area contributed by atoms with Gasteiger partial charge < -0.3 is 8.98 Å². The minimum atomic E-state index is -0.415. The number of anilines is 1. The van der Waals surface area contributed by atoms with Crippen LogP contribution in [0.15, 0.2) is 69.1 Å². The van der Waals surface area contributed by atoms with E-state index in [1.54, 1.807) is 26.2 Å². The molecule has 0 fully saturated rings. The van der Waals surface area contributed by atoms with Crippen molar-refractivity contribution >= 4 is 11.6 Å². The summed E-state index contributed by atoms with van der Waals surface area (Å²) in [6.07, 6.45) is 3.04. The first-order chi connectivity index (χ1) is 15.4. The summed E-state index contributed by atoms with van der Waals surface area (Å²) >= 11 is 0. The van der Waals surface area contributed by atoms with Gasteiger partial charge >= 0.3 is 11.6 Å². The fraction of sp³-hybridized carbons (Fsp3) is 0.136. The van der Waals surface area contributed by atoms with Crippen molar-refractivity contribution < 1.29 is 9.40 Å². The lowest BCUT2D eigenvalue weighted by atomic mass is 10.0. The molecule has 5 rings (SSSR count). The molecule has 3 N–H and O–H groups in total. The maximum Gasteiger partial charge on any atom is 0.411 e. The number of nitrogen functional groups attached to an aromatic ring is 1. The molecular formula is C22H20N7O3+. The van der Waals surface area contributed by atoms with E-state index < -0.39 is 5.69 Å². The first-order valence-corrected chi connectivity index (χ1v) is 9.90. The molecule has 0 unspecified atom stereocenters. The molecular weight excluding hydrogens is 410 g/mol. The van der Waals surface area contributed by atoms with Crippen molar-refractivity contribution in [1.29, 1.82) is 0 Å². The van der Waals surface area contributed by atoms with Gasteiger partial charge in [-0.05, 0) is 13.0 Å². The molecule has 10 nitrogen and oxygen atoms in total. The van der Waals surface area contributed by atoms with Crippen LogP contribution in [0.3, 0.4) is 0 Å². The first kappa shape index (κ1) is 19.5. The van der Waals surface area contributed by atoms with Gasteiger partial charge in [-0.1, -0.05) is 30.3 Å². The third-order valence-electron chi connectivity index (χ3n) is 5.39. The van der Waals surface area contributed by atoms with E-state index in [-0.39, 0.29) is 18.1 Å². The van der Waals surface area contributed by atoms with Crippen LogP contribution in [0.4, 0.5) is 5.95 Å². The Balaban J connectivity index is 1.84. The van der Waals surface area contributed by atoms with Gasteiger partial charge in [-0.15, -0.1) is 9.50 Å². The second kappa shape index (κ2) is 7.34.